The van der Waals surface area contributed by atoms with Crippen LogP contribution in [0.1, 0.15) is 56.9 Å². The third-order valence-electron chi connectivity index (χ3n) is 7.19. The Balaban J connectivity index is 1.37. The second-order valence-electron chi connectivity index (χ2n) is 8.89. The molecule has 0 spiro atoms. The van der Waals surface area contributed by atoms with Gasteiger partial charge in [-0.15, -0.1) is 5.10 Å². The zero-order valence-electron chi connectivity index (χ0n) is 14.1. The highest BCUT2D eigenvalue weighted by molar-refractivity contribution is 7.71. The number of ketones is 1. The fourth-order valence-corrected chi connectivity index (χ4v) is 6.81. The molecule has 4 aliphatic carbocycles. The van der Waals surface area contributed by atoms with Crippen molar-refractivity contribution in [1.29, 1.82) is 0 Å². The summed E-state index contributed by atoms with van der Waals surface area (Å²) in [6.45, 7) is 0.419. The lowest BCUT2D eigenvalue weighted by Crippen LogP contribution is -2.48. The quantitative estimate of drug-likeness (QED) is 0.754. The van der Waals surface area contributed by atoms with Crippen LogP contribution in [-0.2, 0) is 19.7 Å². The maximum atomic E-state index is 12.1. The monoisotopic (exact) mass is 362 g/mol. The summed E-state index contributed by atoms with van der Waals surface area (Å²) in [5.41, 5.74) is 0.0712. The van der Waals surface area contributed by atoms with Crippen molar-refractivity contribution < 1.29 is 18.7 Å². The Morgan fingerprint density at radius 1 is 1.12 bits per heavy atom. The van der Waals surface area contributed by atoms with Gasteiger partial charge in [0, 0.05) is 11.8 Å². The van der Waals surface area contributed by atoms with Crippen LogP contribution in [0, 0.1) is 22.6 Å². The Morgan fingerprint density at radius 2 is 1.80 bits per heavy atom. The maximum Gasteiger partial charge on any atom is 0.287 e. The van der Waals surface area contributed by atoms with Crippen LogP contribution >= 0.6 is 12.2 Å². The Kier molecular flexibility index (Phi) is 3.02. The number of ether oxygens (including phenoxy) is 2. The van der Waals surface area contributed by atoms with Crippen LogP contribution in [0.15, 0.2) is 4.42 Å². The topological polar surface area (TPSA) is 66.5 Å². The zero-order valence-corrected chi connectivity index (χ0v) is 14.9. The summed E-state index contributed by atoms with van der Waals surface area (Å²) >= 11 is 5.49. The van der Waals surface area contributed by atoms with Gasteiger partial charge in [-0.3, -0.25) is 4.79 Å². The molecule has 134 valence electrons. The summed E-state index contributed by atoms with van der Waals surface area (Å²) < 4.78 is 18.9. The summed E-state index contributed by atoms with van der Waals surface area (Å²) in [5, 5.41) is 4.83. The average Bonchev–Trinajstić information content (AvgIpc) is 3.16. The first kappa shape index (κ1) is 15.1. The molecular weight excluding hydrogens is 340 g/mol. The van der Waals surface area contributed by atoms with Crippen LogP contribution in [-0.4, -0.2) is 34.6 Å². The average molecular weight is 362 g/mol. The van der Waals surface area contributed by atoms with Gasteiger partial charge in [0.05, 0.1) is 12.6 Å². The molecule has 0 N–H and O–H groups in total. The number of nitrogens with zero attached hydrogens (tertiary/aromatic N) is 2. The highest BCUT2D eigenvalue weighted by atomic mass is 32.1. The van der Waals surface area contributed by atoms with E-state index in [-0.39, 0.29) is 23.3 Å². The van der Waals surface area contributed by atoms with E-state index in [2.05, 4.69) is 0 Å². The van der Waals surface area contributed by atoms with Crippen LogP contribution in [0.25, 0.3) is 0 Å². The molecule has 0 aromatic carbocycles. The van der Waals surface area contributed by atoms with Crippen LogP contribution in [0.2, 0.25) is 0 Å². The summed E-state index contributed by atoms with van der Waals surface area (Å²) in [7, 11) is 0. The van der Waals surface area contributed by atoms with E-state index in [9.17, 15) is 4.79 Å². The van der Waals surface area contributed by atoms with Gasteiger partial charge in [0.25, 0.3) is 4.84 Å². The molecule has 1 aromatic rings. The van der Waals surface area contributed by atoms with Crippen molar-refractivity contribution >= 4 is 18.0 Å². The van der Waals surface area contributed by atoms with E-state index in [1.165, 1.54) is 38.5 Å². The Bertz CT molecular complexity index is 764. The van der Waals surface area contributed by atoms with E-state index in [4.69, 9.17) is 31.2 Å². The molecule has 1 aromatic heterocycles. The third-order valence-corrected chi connectivity index (χ3v) is 7.46. The second kappa shape index (κ2) is 5.02. The normalized spacial score (nSPS) is 47.6. The van der Waals surface area contributed by atoms with E-state index in [1.807, 2.05) is 0 Å². The summed E-state index contributed by atoms with van der Waals surface area (Å²) in [6.07, 6.45) is 7.20. The van der Waals surface area contributed by atoms with E-state index in [1.54, 1.807) is 4.68 Å². The molecule has 2 saturated heterocycles. The molecule has 0 radical (unpaired) electrons. The van der Waals surface area contributed by atoms with Gasteiger partial charge in [-0.2, -0.15) is 0 Å². The van der Waals surface area contributed by atoms with E-state index >= 15 is 0 Å². The smallest absolute Gasteiger partial charge is 0.287 e. The van der Waals surface area contributed by atoms with Crippen LogP contribution in [0.3, 0.4) is 0 Å². The predicted octanol–water partition coefficient (Wildman–Crippen LogP) is 2.93. The van der Waals surface area contributed by atoms with Gasteiger partial charge in [-0.05, 0) is 68.5 Å². The molecule has 2 aliphatic heterocycles. The highest BCUT2D eigenvalue weighted by Gasteiger charge is 2.54. The standard InChI is InChI=1S/C18H22N2O4S/c21-13-4-12(14-8-22-15(13)23-14)20-17(25)24-16(19-20)18-5-9-1-10(6-18)3-11(2-9)7-18/h9-12,14-15H,1-8H2/t9?,10?,11?,12-,14-,15-,18?/m0/s1. The highest BCUT2D eigenvalue weighted by Crippen LogP contribution is 2.60. The van der Waals surface area contributed by atoms with Crippen molar-refractivity contribution in [2.75, 3.05) is 6.61 Å². The molecule has 6 fully saturated rings. The van der Waals surface area contributed by atoms with Crippen LogP contribution in [0.4, 0.5) is 0 Å². The number of rotatable bonds is 2. The first-order chi connectivity index (χ1) is 12.1. The molecular formula is C18H22N2O4S. The van der Waals surface area contributed by atoms with Crippen molar-refractivity contribution in [2.45, 2.75) is 68.8 Å². The fraction of sp³-hybridized carbons (Fsp3) is 0.833. The minimum Gasteiger partial charge on any atom is -0.413 e. The molecule has 6 aliphatic rings. The lowest BCUT2D eigenvalue weighted by Gasteiger charge is -2.55. The molecule has 6 bridgehead atoms. The Labute approximate surface area is 150 Å². The molecule has 3 heterocycles. The number of aromatic nitrogens is 2. The molecule has 4 saturated carbocycles. The third kappa shape index (κ3) is 2.12. The maximum absolute atomic E-state index is 12.1. The van der Waals surface area contributed by atoms with Gasteiger partial charge in [0.2, 0.25) is 12.2 Å². The molecule has 6 nitrogen and oxygen atoms in total. The number of carbonyl (C=O) groups excluding carboxylic acids is 1. The van der Waals surface area contributed by atoms with E-state index < -0.39 is 6.29 Å². The fourth-order valence-electron chi connectivity index (χ4n) is 6.55. The first-order valence-corrected chi connectivity index (χ1v) is 9.90. The summed E-state index contributed by atoms with van der Waals surface area (Å²) in [6, 6.07) is -0.204. The van der Waals surface area contributed by atoms with Crippen molar-refractivity contribution in [3.63, 3.8) is 0 Å². The number of hydrogen-bond donors (Lipinski definition) is 0. The molecule has 3 atom stereocenters. The van der Waals surface area contributed by atoms with Gasteiger partial charge in [0.15, 0.2) is 5.78 Å². The minimum atomic E-state index is -0.690. The lowest BCUT2D eigenvalue weighted by molar-refractivity contribution is -0.156. The van der Waals surface area contributed by atoms with Crippen molar-refractivity contribution in [2.24, 2.45) is 17.8 Å². The van der Waals surface area contributed by atoms with Gasteiger partial charge in [-0.1, -0.05) is 0 Å². The van der Waals surface area contributed by atoms with Crippen LogP contribution < -0.4 is 0 Å². The predicted molar refractivity (Wildman–Crippen MR) is 88.5 cm³/mol. The van der Waals surface area contributed by atoms with Gasteiger partial charge in [0.1, 0.15) is 6.10 Å². The number of carbonyl (C=O) groups is 1. The number of fused-ring (bicyclic) bond motifs is 2. The van der Waals surface area contributed by atoms with Crippen LogP contribution in [0.5, 0.6) is 0 Å². The van der Waals surface area contributed by atoms with Crippen molar-refractivity contribution in [3.05, 3.63) is 10.7 Å². The van der Waals surface area contributed by atoms with Gasteiger partial charge >= 0.3 is 0 Å². The van der Waals surface area contributed by atoms with Crippen molar-refractivity contribution in [3.8, 4) is 0 Å². The largest absolute Gasteiger partial charge is 0.413 e. The summed E-state index contributed by atoms with van der Waals surface area (Å²) in [4.78, 5) is 12.5. The number of hydrogen-bond acceptors (Lipinski definition) is 6. The molecule has 7 rings (SSSR count). The zero-order chi connectivity index (χ0) is 16.8. The lowest BCUT2D eigenvalue weighted by atomic mass is 9.49. The molecule has 25 heavy (non-hydrogen) atoms. The van der Waals surface area contributed by atoms with E-state index in [0.717, 1.165) is 23.6 Å². The molecule has 0 amide bonds. The van der Waals surface area contributed by atoms with Crippen molar-refractivity contribution in [1.82, 2.24) is 9.78 Å². The SMILES string of the molecule is O=C1C[C@H](n2nc(C34CC5CC(CC(C5)C3)C4)oc2=S)[C@@H]2CO[C@H]1O2. The minimum absolute atomic E-state index is 0.0278. The molecule has 0 unspecified atom stereocenters. The second-order valence-corrected chi connectivity index (χ2v) is 9.24. The summed E-state index contributed by atoms with van der Waals surface area (Å²) in [5.74, 6) is 3.25. The van der Waals surface area contributed by atoms with E-state index in [0.29, 0.717) is 17.9 Å². The Morgan fingerprint density at radius 3 is 2.48 bits per heavy atom. The number of Topliss-reactive ketones (excluding diaryl/α,β-unsaturated/α-hetero) is 1. The Hall–Kier alpha value is -1.05. The molecule has 7 heteroatoms. The van der Waals surface area contributed by atoms with Gasteiger partial charge in [-0.25, -0.2) is 4.68 Å². The first-order valence-electron chi connectivity index (χ1n) is 9.49. The van der Waals surface area contributed by atoms with Gasteiger partial charge < -0.3 is 13.9 Å².